The average Bonchev–Trinajstić information content (AvgIpc) is 2.13. The van der Waals surface area contributed by atoms with Crippen LogP contribution in [0.5, 0.6) is 0 Å². The van der Waals surface area contributed by atoms with E-state index in [2.05, 4.69) is 16.6 Å². The van der Waals surface area contributed by atoms with Crippen LogP contribution in [-0.2, 0) is 4.79 Å². The number of hydrogen-bond acceptors (Lipinski definition) is 2. The molecule has 0 aliphatic heterocycles. The van der Waals surface area contributed by atoms with Gasteiger partial charge in [0.2, 0.25) is 5.91 Å². The molecule has 0 heterocycles. The zero-order valence-electron chi connectivity index (χ0n) is 9.48. The fraction of sp³-hybridized carbons (Fsp3) is 0.727. The smallest absolute Gasteiger partial charge is 0.234 e. The van der Waals surface area contributed by atoms with Crippen LogP contribution in [0, 0.1) is 12.3 Å². The molecule has 0 aliphatic rings. The molecule has 0 saturated carbocycles. The summed E-state index contributed by atoms with van der Waals surface area (Å²) in [6.07, 6.45) is 6.07. The second kappa shape index (κ2) is 5.66. The highest BCUT2D eigenvalue weighted by atomic mass is 16.2. The van der Waals surface area contributed by atoms with Crippen LogP contribution in [-0.4, -0.2) is 24.0 Å². The minimum atomic E-state index is -0.141. The molecule has 0 aromatic rings. The van der Waals surface area contributed by atoms with Gasteiger partial charge in [-0.25, -0.2) is 0 Å². The maximum atomic E-state index is 11.4. The molecule has 0 spiro atoms. The highest BCUT2D eigenvalue weighted by Crippen LogP contribution is 2.05. The molecule has 1 unspecified atom stereocenters. The average molecular weight is 196 g/mol. The molecule has 1 amide bonds. The van der Waals surface area contributed by atoms with Gasteiger partial charge < -0.3 is 5.32 Å². The summed E-state index contributed by atoms with van der Waals surface area (Å²) < 4.78 is 0. The van der Waals surface area contributed by atoms with Gasteiger partial charge in [-0.15, -0.1) is 6.42 Å². The Morgan fingerprint density at radius 3 is 2.57 bits per heavy atom. The highest BCUT2D eigenvalue weighted by molar-refractivity contribution is 5.78. The lowest BCUT2D eigenvalue weighted by Crippen LogP contribution is -2.47. The third-order valence-corrected chi connectivity index (χ3v) is 2.18. The Bertz CT molecular complexity index is 228. The van der Waals surface area contributed by atoms with Gasteiger partial charge in [0.25, 0.3) is 0 Å². The minimum absolute atomic E-state index is 0.0149. The van der Waals surface area contributed by atoms with Gasteiger partial charge >= 0.3 is 0 Å². The molecule has 0 radical (unpaired) electrons. The van der Waals surface area contributed by atoms with E-state index < -0.39 is 0 Å². The first-order chi connectivity index (χ1) is 6.41. The van der Waals surface area contributed by atoms with Crippen LogP contribution >= 0.6 is 0 Å². The Morgan fingerprint density at radius 1 is 1.57 bits per heavy atom. The monoisotopic (exact) mass is 196 g/mol. The van der Waals surface area contributed by atoms with Crippen molar-refractivity contribution in [2.75, 3.05) is 6.54 Å². The molecule has 0 aliphatic carbocycles. The Hall–Kier alpha value is -1.01. The summed E-state index contributed by atoms with van der Waals surface area (Å²) in [7, 11) is 0. The number of hydrogen-bond donors (Lipinski definition) is 2. The predicted molar refractivity (Wildman–Crippen MR) is 58.8 cm³/mol. The van der Waals surface area contributed by atoms with E-state index in [0.717, 1.165) is 6.42 Å². The molecule has 0 rings (SSSR count). The number of nitrogens with one attached hydrogen (secondary N) is 2. The van der Waals surface area contributed by atoms with Crippen molar-refractivity contribution in [3.05, 3.63) is 0 Å². The Labute approximate surface area is 86.6 Å². The van der Waals surface area contributed by atoms with Crippen LogP contribution in [0.1, 0.15) is 34.1 Å². The third-order valence-electron chi connectivity index (χ3n) is 2.18. The first kappa shape index (κ1) is 13.0. The minimum Gasteiger partial charge on any atom is -0.350 e. The number of amides is 1. The van der Waals surface area contributed by atoms with Gasteiger partial charge in [0, 0.05) is 5.54 Å². The molecule has 1 atom stereocenters. The Morgan fingerprint density at radius 2 is 2.14 bits per heavy atom. The summed E-state index contributed by atoms with van der Waals surface area (Å²) in [5, 5.41) is 5.85. The van der Waals surface area contributed by atoms with Crippen molar-refractivity contribution in [1.82, 2.24) is 10.6 Å². The lowest BCUT2D eigenvalue weighted by Gasteiger charge is -2.24. The summed E-state index contributed by atoms with van der Waals surface area (Å²) in [5.74, 6) is 2.49. The standard InChI is InChI=1S/C11H20N2O/c1-6-9(3)12-8-10(14)13-11(4,5)7-2/h1,9,12H,7-8H2,2-5H3,(H,13,14). The van der Waals surface area contributed by atoms with Gasteiger partial charge in [-0.05, 0) is 27.2 Å². The van der Waals surface area contributed by atoms with Crippen molar-refractivity contribution < 1.29 is 4.79 Å². The number of rotatable bonds is 5. The fourth-order valence-electron chi connectivity index (χ4n) is 0.815. The molecule has 80 valence electrons. The van der Waals surface area contributed by atoms with Gasteiger partial charge in [-0.1, -0.05) is 12.8 Å². The molecule has 0 fully saturated rings. The Kier molecular flexibility index (Phi) is 5.26. The van der Waals surface area contributed by atoms with Gasteiger partial charge in [-0.2, -0.15) is 0 Å². The molecule has 0 aromatic carbocycles. The van der Waals surface area contributed by atoms with Crippen LogP contribution < -0.4 is 10.6 Å². The van der Waals surface area contributed by atoms with E-state index in [1.807, 2.05) is 27.7 Å². The van der Waals surface area contributed by atoms with Gasteiger partial charge in [0.1, 0.15) is 0 Å². The third kappa shape index (κ3) is 5.60. The second-order valence-corrected chi connectivity index (χ2v) is 4.05. The van der Waals surface area contributed by atoms with Crippen molar-refractivity contribution in [2.45, 2.75) is 45.7 Å². The molecule has 0 aromatic heterocycles. The van der Waals surface area contributed by atoms with Crippen LogP contribution in [0.3, 0.4) is 0 Å². The van der Waals surface area contributed by atoms with E-state index in [4.69, 9.17) is 6.42 Å². The topological polar surface area (TPSA) is 41.1 Å². The predicted octanol–water partition coefficient (Wildman–Crippen LogP) is 0.902. The van der Waals surface area contributed by atoms with E-state index in [9.17, 15) is 4.79 Å². The zero-order chi connectivity index (χ0) is 11.2. The fourth-order valence-corrected chi connectivity index (χ4v) is 0.815. The van der Waals surface area contributed by atoms with Crippen LogP contribution in [0.4, 0.5) is 0 Å². The van der Waals surface area contributed by atoms with Gasteiger partial charge in [0.05, 0.1) is 12.6 Å². The summed E-state index contributed by atoms with van der Waals surface area (Å²) >= 11 is 0. The molecule has 3 heteroatoms. The lowest BCUT2D eigenvalue weighted by molar-refractivity contribution is -0.121. The quantitative estimate of drug-likeness (QED) is 0.642. The number of carbonyl (C=O) groups is 1. The maximum absolute atomic E-state index is 11.4. The zero-order valence-corrected chi connectivity index (χ0v) is 9.48. The first-order valence-corrected chi connectivity index (χ1v) is 4.92. The van der Waals surface area contributed by atoms with Crippen molar-refractivity contribution >= 4 is 5.91 Å². The van der Waals surface area contributed by atoms with Crippen LogP contribution in [0.2, 0.25) is 0 Å². The van der Waals surface area contributed by atoms with Gasteiger partial charge in [0.15, 0.2) is 0 Å². The van der Waals surface area contributed by atoms with E-state index >= 15 is 0 Å². The normalized spacial score (nSPS) is 13.1. The summed E-state index contributed by atoms with van der Waals surface area (Å²) in [4.78, 5) is 11.4. The number of terminal acetylenes is 1. The Balaban J connectivity index is 3.83. The summed E-state index contributed by atoms with van der Waals surface area (Å²) in [6, 6.07) is -0.0644. The molecule has 14 heavy (non-hydrogen) atoms. The molecule has 2 N–H and O–H groups in total. The molecular weight excluding hydrogens is 176 g/mol. The lowest BCUT2D eigenvalue weighted by atomic mass is 10.0. The molecule has 0 bridgehead atoms. The molecule has 0 saturated heterocycles. The SMILES string of the molecule is C#CC(C)NCC(=O)NC(C)(C)CC. The summed E-state index contributed by atoms with van der Waals surface area (Å²) in [6.45, 7) is 8.15. The number of carbonyl (C=O) groups excluding carboxylic acids is 1. The van der Waals surface area contributed by atoms with Crippen molar-refractivity contribution in [2.24, 2.45) is 0 Å². The van der Waals surface area contributed by atoms with E-state index in [1.54, 1.807) is 0 Å². The van der Waals surface area contributed by atoms with E-state index in [1.165, 1.54) is 0 Å². The maximum Gasteiger partial charge on any atom is 0.234 e. The van der Waals surface area contributed by atoms with Crippen LogP contribution in [0.25, 0.3) is 0 Å². The van der Waals surface area contributed by atoms with Crippen LogP contribution in [0.15, 0.2) is 0 Å². The molecule has 3 nitrogen and oxygen atoms in total. The van der Waals surface area contributed by atoms with E-state index in [-0.39, 0.29) is 24.0 Å². The second-order valence-electron chi connectivity index (χ2n) is 4.05. The van der Waals surface area contributed by atoms with Gasteiger partial charge in [-0.3, -0.25) is 10.1 Å². The van der Waals surface area contributed by atoms with Crippen molar-refractivity contribution in [1.29, 1.82) is 0 Å². The highest BCUT2D eigenvalue weighted by Gasteiger charge is 2.17. The van der Waals surface area contributed by atoms with E-state index in [0.29, 0.717) is 0 Å². The molecular formula is C11H20N2O. The largest absolute Gasteiger partial charge is 0.350 e. The summed E-state index contributed by atoms with van der Waals surface area (Å²) in [5.41, 5.74) is -0.141. The first-order valence-electron chi connectivity index (χ1n) is 4.92. The van der Waals surface area contributed by atoms with Crippen molar-refractivity contribution in [3.8, 4) is 12.3 Å². The van der Waals surface area contributed by atoms with Crippen molar-refractivity contribution in [3.63, 3.8) is 0 Å².